The maximum atomic E-state index is 12.4. The molecule has 1 heterocycles. The molecule has 20 heavy (non-hydrogen) atoms. The molecule has 0 aliphatic heterocycles. The highest BCUT2D eigenvalue weighted by atomic mass is 79.9. The molecule has 0 fully saturated rings. The highest BCUT2D eigenvalue weighted by Gasteiger charge is 2.21. The van der Waals surface area contributed by atoms with Crippen LogP contribution in [0.25, 0.3) is 11.0 Å². The van der Waals surface area contributed by atoms with Crippen LogP contribution < -0.4 is 0 Å². The Balaban J connectivity index is 2.18. The average Bonchev–Trinajstić information content (AvgIpc) is 2.47. The first-order chi connectivity index (χ1) is 9.57. The topological polar surface area (TPSA) is 72.8 Å². The van der Waals surface area contributed by atoms with Gasteiger partial charge in [-0.15, -0.1) is 10.2 Å². The van der Waals surface area contributed by atoms with Gasteiger partial charge in [0, 0.05) is 4.47 Å². The fourth-order valence-corrected chi connectivity index (χ4v) is 3.15. The van der Waals surface area contributed by atoms with Crippen molar-refractivity contribution < 1.29 is 8.42 Å². The molecule has 1 aromatic heterocycles. The van der Waals surface area contributed by atoms with E-state index in [4.69, 9.17) is 0 Å². The van der Waals surface area contributed by atoms with Gasteiger partial charge in [0.2, 0.25) is 9.84 Å². The highest BCUT2D eigenvalue weighted by Crippen LogP contribution is 2.20. The van der Waals surface area contributed by atoms with E-state index in [0.29, 0.717) is 11.0 Å². The molecule has 0 spiro atoms. The minimum absolute atomic E-state index is 0.151. The summed E-state index contributed by atoms with van der Waals surface area (Å²) < 4.78 is 25.6. The van der Waals surface area contributed by atoms with E-state index in [1.54, 1.807) is 36.4 Å². The number of hydrogen-bond acceptors (Lipinski definition) is 5. The number of rotatable bonds is 2. The molecule has 0 aliphatic rings. The zero-order valence-electron chi connectivity index (χ0n) is 10.1. The lowest BCUT2D eigenvalue weighted by Crippen LogP contribution is -2.08. The van der Waals surface area contributed by atoms with E-state index in [2.05, 4.69) is 31.1 Å². The first-order valence-corrected chi connectivity index (χ1v) is 7.95. The van der Waals surface area contributed by atoms with Crippen LogP contribution in [0.2, 0.25) is 0 Å². The summed E-state index contributed by atoms with van der Waals surface area (Å²) in [6.07, 6.45) is 0. The number of sulfone groups is 1. The van der Waals surface area contributed by atoms with Gasteiger partial charge in [-0.2, -0.15) is 0 Å². The maximum Gasteiger partial charge on any atom is 0.272 e. The predicted molar refractivity (Wildman–Crippen MR) is 76.9 cm³/mol. The third-order valence-electron chi connectivity index (χ3n) is 2.69. The highest BCUT2D eigenvalue weighted by molar-refractivity contribution is 9.10. The minimum Gasteiger partial charge on any atom is -0.215 e. The Kier molecular flexibility index (Phi) is 3.23. The third-order valence-corrected chi connectivity index (χ3v) is 4.73. The summed E-state index contributed by atoms with van der Waals surface area (Å²) in [7, 11) is -3.74. The fraction of sp³-hybridized carbons (Fsp3) is 0. The van der Waals surface area contributed by atoms with Crippen LogP contribution in [0, 0.1) is 0 Å². The number of halogens is 1. The van der Waals surface area contributed by atoms with Crippen molar-refractivity contribution in [1.82, 2.24) is 15.2 Å². The van der Waals surface area contributed by atoms with Crippen molar-refractivity contribution in [2.45, 2.75) is 10.1 Å². The molecule has 3 aromatic rings. The average molecular weight is 350 g/mol. The van der Waals surface area contributed by atoms with Crippen LogP contribution in [-0.4, -0.2) is 23.6 Å². The molecule has 0 saturated carbocycles. The Morgan fingerprint density at radius 2 is 1.65 bits per heavy atom. The Morgan fingerprint density at radius 3 is 2.40 bits per heavy atom. The van der Waals surface area contributed by atoms with Gasteiger partial charge in [-0.25, -0.2) is 13.4 Å². The van der Waals surface area contributed by atoms with E-state index in [0.717, 1.165) is 4.47 Å². The lowest BCUT2D eigenvalue weighted by Gasteiger charge is -2.03. The molecule has 100 valence electrons. The van der Waals surface area contributed by atoms with Crippen LogP contribution >= 0.6 is 15.9 Å². The number of benzene rings is 2. The van der Waals surface area contributed by atoms with Gasteiger partial charge in [-0.05, 0) is 30.3 Å². The smallest absolute Gasteiger partial charge is 0.215 e. The van der Waals surface area contributed by atoms with Crippen LogP contribution in [0.5, 0.6) is 0 Å². The van der Waals surface area contributed by atoms with E-state index in [9.17, 15) is 8.42 Å². The van der Waals surface area contributed by atoms with Gasteiger partial charge in [-0.1, -0.05) is 34.1 Å². The largest absolute Gasteiger partial charge is 0.272 e. The molecule has 2 aromatic carbocycles. The molecular weight excluding hydrogens is 342 g/mol. The van der Waals surface area contributed by atoms with Crippen molar-refractivity contribution >= 4 is 36.8 Å². The van der Waals surface area contributed by atoms with E-state index in [1.165, 1.54) is 12.1 Å². The predicted octanol–water partition coefficient (Wildman–Crippen LogP) is 2.62. The molecule has 0 amide bonds. The molecule has 0 N–H and O–H groups in total. The Labute approximate surface area is 123 Å². The second kappa shape index (κ2) is 4.92. The molecule has 0 aliphatic carbocycles. The molecule has 0 radical (unpaired) electrons. The molecule has 0 bridgehead atoms. The van der Waals surface area contributed by atoms with Crippen LogP contribution in [0.15, 0.2) is 63.1 Å². The molecular formula is C13H8BrN3O2S. The van der Waals surface area contributed by atoms with Gasteiger partial charge in [0.15, 0.2) is 0 Å². The van der Waals surface area contributed by atoms with E-state index < -0.39 is 9.84 Å². The standard InChI is InChI=1S/C13H8BrN3O2S/c14-9-6-7-11-12(8-9)16-17-13(15-11)20(18,19)10-4-2-1-3-5-10/h1-8H. The second-order valence-electron chi connectivity index (χ2n) is 4.04. The monoisotopic (exact) mass is 349 g/mol. The Hall–Kier alpha value is -1.86. The lowest BCUT2D eigenvalue weighted by atomic mass is 10.3. The van der Waals surface area contributed by atoms with Gasteiger partial charge in [0.1, 0.15) is 5.52 Å². The summed E-state index contributed by atoms with van der Waals surface area (Å²) in [5.41, 5.74) is 1.02. The summed E-state index contributed by atoms with van der Waals surface area (Å²) in [5, 5.41) is 7.35. The van der Waals surface area contributed by atoms with Gasteiger partial charge in [0.05, 0.1) is 10.4 Å². The lowest BCUT2D eigenvalue weighted by molar-refractivity contribution is 0.585. The van der Waals surface area contributed by atoms with Gasteiger partial charge < -0.3 is 0 Å². The van der Waals surface area contributed by atoms with Crippen molar-refractivity contribution in [2.24, 2.45) is 0 Å². The van der Waals surface area contributed by atoms with Crippen molar-refractivity contribution in [3.63, 3.8) is 0 Å². The quantitative estimate of drug-likeness (QED) is 0.710. The Bertz CT molecular complexity index is 883. The summed E-state index contributed by atoms with van der Waals surface area (Å²) in [4.78, 5) is 4.23. The van der Waals surface area contributed by atoms with Crippen molar-refractivity contribution in [3.05, 3.63) is 53.0 Å². The van der Waals surface area contributed by atoms with Gasteiger partial charge >= 0.3 is 0 Å². The van der Waals surface area contributed by atoms with E-state index in [-0.39, 0.29) is 10.1 Å². The van der Waals surface area contributed by atoms with Crippen LogP contribution in [0.3, 0.4) is 0 Å². The first-order valence-electron chi connectivity index (χ1n) is 5.67. The second-order valence-corrected chi connectivity index (χ2v) is 6.80. The normalized spacial score (nSPS) is 11.7. The van der Waals surface area contributed by atoms with Crippen LogP contribution in [-0.2, 0) is 9.84 Å². The minimum atomic E-state index is -3.74. The Morgan fingerprint density at radius 1 is 0.900 bits per heavy atom. The van der Waals surface area contributed by atoms with Crippen LogP contribution in [0.4, 0.5) is 0 Å². The zero-order chi connectivity index (χ0) is 14.2. The van der Waals surface area contributed by atoms with Crippen molar-refractivity contribution in [1.29, 1.82) is 0 Å². The molecule has 5 nitrogen and oxygen atoms in total. The fourth-order valence-electron chi connectivity index (χ4n) is 1.71. The number of nitrogens with zero attached hydrogens (tertiary/aromatic N) is 3. The van der Waals surface area contributed by atoms with Crippen molar-refractivity contribution in [3.8, 4) is 0 Å². The zero-order valence-corrected chi connectivity index (χ0v) is 12.5. The van der Waals surface area contributed by atoms with Crippen LogP contribution in [0.1, 0.15) is 0 Å². The van der Waals surface area contributed by atoms with E-state index >= 15 is 0 Å². The SMILES string of the molecule is O=S(=O)(c1ccccc1)c1nnc2cc(Br)ccc2n1. The van der Waals surface area contributed by atoms with E-state index in [1.807, 2.05) is 0 Å². The number of fused-ring (bicyclic) bond motifs is 1. The maximum absolute atomic E-state index is 12.4. The molecule has 3 rings (SSSR count). The molecule has 0 atom stereocenters. The molecule has 0 saturated heterocycles. The summed E-state index contributed by atoms with van der Waals surface area (Å²) in [6, 6.07) is 13.3. The first kappa shape index (κ1) is 13.1. The molecule has 7 heteroatoms. The number of hydrogen-bond donors (Lipinski definition) is 0. The summed E-state index contributed by atoms with van der Waals surface area (Å²) in [6.45, 7) is 0. The number of aromatic nitrogens is 3. The summed E-state index contributed by atoms with van der Waals surface area (Å²) in [5.74, 6) is 0. The molecule has 0 unspecified atom stereocenters. The van der Waals surface area contributed by atoms with Crippen molar-refractivity contribution in [2.75, 3.05) is 0 Å². The summed E-state index contributed by atoms with van der Waals surface area (Å²) >= 11 is 3.31. The third kappa shape index (κ3) is 2.30. The van der Waals surface area contributed by atoms with Gasteiger partial charge in [-0.3, -0.25) is 0 Å². The van der Waals surface area contributed by atoms with Gasteiger partial charge in [0.25, 0.3) is 5.16 Å².